The van der Waals surface area contributed by atoms with Crippen LogP contribution < -0.4 is 0 Å². The van der Waals surface area contributed by atoms with Crippen LogP contribution in [0, 0.1) is 0 Å². The summed E-state index contributed by atoms with van der Waals surface area (Å²) in [5, 5.41) is 10.6. The van der Waals surface area contributed by atoms with Crippen LogP contribution in [0.3, 0.4) is 0 Å². The van der Waals surface area contributed by atoms with Crippen LogP contribution in [-0.4, -0.2) is 46.2 Å². The van der Waals surface area contributed by atoms with Crippen molar-refractivity contribution in [2.75, 3.05) is 6.61 Å². The third-order valence-electron chi connectivity index (χ3n) is 4.34. The first-order valence-electron chi connectivity index (χ1n) is 7.76. The minimum atomic E-state index is -1.72. The number of halogens is 2. The number of carboxylic acid groups (broad SMARTS) is 1. The molecule has 2 aliphatic heterocycles. The Bertz CT molecular complexity index is 823. The lowest BCUT2D eigenvalue weighted by Gasteiger charge is -2.40. The lowest BCUT2D eigenvalue weighted by atomic mass is 9.85. The Morgan fingerprint density at radius 1 is 1.42 bits per heavy atom. The van der Waals surface area contributed by atoms with Gasteiger partial charge in [-0.25, -0.2) is 4.79 Å². The number of hydrogen-bond acceptors (Lipinski definition) is 5. The fourth-order valence-corrected chi connectivity index (χ4v) is 3.48. The lowest BCUT2D eigenvalue weighted by molar-refractivity contribution is -0.170. The van der Waals surface area contributed by atoms with E-state index in [0.29, 0.717) is 10.6 Å². The van der Waals surface area contributed by atoms with E-state index in [-0.39, 0.29) is 36.1 Å². The summed E-state index contributed by atoms with van der Waals surface area (Å²) in [5.41, 5.74) is -1.15. The number of amides is 1. The monoisotopic (exact) mass is 399 g/mol. The van der Waals surface area contributed by atoms with E-state index >= 15 is 0 Å². The maximum absolute atomic E-state index is 12.2. The van der Waals surface area contributed by atoms with E-state index in [2.05, 4.69) is 0 Å². The van der Waals surface area contributed by atoms with Gasteiger partial charge >= 0.3 is 11.9 Å². The van der Waals surface area contributed by atoms with E-state index < -0.39 is 23.7 Å². The van der Waals surface area contributed by atoms with Crippen molar-refractivity contribution in [3.8, 4) is 0 Å². The van der Waals surface area contributed by atoms with Crippen molar-refractivity contribution in [2.45, 2.75) is 31.5 Å². The van der Waals surface area contributed by atoms with Crippen LogP contribution in [0.4, 0.5) is 0 Å². The first-order valence-corrected chi connectivity index (χ1v) is 8.51. The van der Waals surface area contributed by atoms with Crippen molar-refractivity contribution in [2.24, 2.45) is 0 Å². The van der Waals surface area contributed by atoms with Gasteiger partial charge in [0.25, 0.3) is 0 Å². The van der Waals surface area contributed by atoms with Crippen molar-refractivity contribution in [3.63, 3.8) is 0 Å². The van der Waals surface area contributed by atoms with Crippen LogP contribution in [0.2, 0.25) is 10.0 Å². The van der Waals surface area contributed by atoms with Crippen LogP contribution in [0.25, 0.3) is 0 Å². The summed E-state index contributed by atoms with van der Waals surface area (Å²) in [4.78, 5) is 36.5. The lowest BCUT2D eigenvalue weighted by Crippen LogP contribution is -2.63. The van der Waals surface area contributed by atoms with E-state index in [9.17, 15) is 19.5 Å². The molecule has 1 aromatic carbocycles. The van der Waals surface area contributed by atoms with Crippen molar-refractivity contribution >= 4 is 41.0 Å². The summed E-state index contributed by atoms with van der Waals surface area (Å²) >= 11 is 11.9. The van der Waals surface area contributed by atoms with Crippen LogP contribution in [0.15, 0.2) is 30.0 Å². The number of aliphatic carboxylic acids is 1. The Balaban J connectivity index is 2.01. The van der Waals surface area contributed by atoms with Crippen molar-refractivity contribution in [3.05, 3.63) is 45.6 Å². The molecule has 2 heterocycles. The van der Waals surface area contributed by atoms with Crippen LogP contribution >= 0.6 is 23.2 Å². The van der Waals surface area contributed by atoms with Crippen molar-refractivity contribution in [1.29, 1.82) is 0 Å². The number of β-lactam (4-membered cyclic amide) rings is 1. The number of carbonyl (C=O) groups is 3. The van der Waals surface area contributed by atoms with Crippen LogP contribution in [0.5, 0.6) is 0 Å². The SMILES string of the molecule is CC(=O)OC/C=C1\O[C@@H]2CC(=O)N2[C@@]1(Cc1ccc(Cl)c(Cl)c1)C(=O)O. The largest absolute Gasteiger partial charge is 0.479 e. The van der Waals surface area contributed by atoms with E-state index in [1.165, 1.54) is 17.9 Å². The highest BCUT2D eigenvalue weighted by Gasteiger charge is 2.64. The molecular formula is C17H15Cl2NO6. The van der Waals surface area contributed by atoms with E-state index in [4.69, 9.17) is 32.7 Å². The fraction of sp³-hybridized carbons (Fsp3) is 0.353. The van der Waals surface area contributed by atoms with Gasteiger partial charge in [-0.15, -0.1) is 0 Å². The van der Waals surface area contributed by atoms with Gasteiger partial charge in [0.1, 0.15) is 12.4 Å². The second-order valence-corrected chi connectivity index (χ2v) is 6.82. The van der Waals surface area contributed by atoms with E-state index in [0.717, 1.165) is 0 Å². The van der Waals surface area contributed by atoms with E-state index in [1.807, 2.05) is 0 Å². The molecule has 26 heavy (non-hydrogen) atoms. The first kappa shape index (κ1) is 18.5. The molecule has 3 rings (SSSR count). The van der Waals surface area contributed by atoms with Crippen LogP contribution in [0.1, 0.15) is 18.9 Å². The molecule has 0 unspecified atom stereocenters. The summed E-state index contributed by atoms with van der Waals surface area (Å²) in [6.07, 6.45) is 0.762. The van der Waals surface area contributed by atoms with Gasteiger partial charge < -0.3 is 14.6 Å². The second kappa shape index (κ2) is 6.81. The Kier molecular flexibility index (Phi) is 4.86. The third kappa shape index (κ3) is 3.01. The summed E-state index contributed by atoms with van der Waals surface area (Å²) in [5.74, 6) is -2.01. The van der Waals surface area contributed by atoms with Gasteiger partial charge in [0.05, 0.1) is 16.5 Å². The number of rotatable bonds is 5. The van der Waals surface area contributed by atoms with Gasteiger partial charge in [0.2, 0.25) is 11.4 Å². The molecule has 1 N–H and O–H groups in total. The van der Waals surface area contributed by atoms with Crippen LogP contribution in [-0.2, 0) is 30.3 Å². The average molecular weight is 400 g/mol. The normalized spacial score (nSPS) is 25.5. The number of ether oxygens (including phenoxy) is 2. The highest BCUT2D eigenvalue weighted by molar-refractivity contribution is 6.42. The molecule has 0 aromatic heterocycles. The maximum Gasteiger partial charge on any atom is 0.338 e. The summed E-state index contributed by atoms with van der Waals surface area (Å²) in [6.45, 7) is 1.08. The molecule has 0 bridgehead atoms. The Morgan fingerprint density at radius 2 is 2.15 bits per heavy atom. The molecular weight excluding hydrogens is 385 g/mol. The van der Waals surface area contributed by atoms with Gasteiger partial charge in [0.15, 0.2) is 6.23 Å². The van der Waals surface area contributed by atoms with Gasteiger partial charge in [-0.1, -0.05) is 29.3 Å². The zero-order valence-electron chi connectivity index (χ0n) is 13.7. The minimum Gasteiger partial charge on any atom is -0.479 e. The van der Waals surface area contributed by atoms with Gasteiger partial charge in [0, 0.05) is 13.3 Å². The fourth-order valence-electron chi connectivity index (χ4n) is 3.16. The Hall–Kier alpha value is -2.25. The van der Waals surface area contributed by atoms with Gasteiger partial charge in [-0.3, -0.25) is 14.5 Å². The van der Waals surface area contributed by atoms with Gasteiger partial charge in [-0.05, 0) is 23.8 Å². The number of carbonyl (C=O) groups excluding carboxylic acids is 2. The third-order valence-corrected chi connectivity index (χ3v) is 5.08. The van der Waals surface area contributed by atoms with Crippen molar-refractivity contribution in [1.82, 2.24) is 4.90 Å². The summed E-state index contributed by atoms with van der Waals surface area (Å²) in [7, 11) is 0. The molecule has 1 aromatic rings. The maximum atomic E-state index is 12.2. The second-order valence-electron chi connectivity index (χ2n) is 6.00. The number of hydrogen-bond donors (Lipinski definition) is 1. The summed E-state index contributed by atoms with van der Waals surface area (Å²) in [6, 6.07) is 4.75. The molecule has 0 radical (unpaired) electrons. The summed E-state index contributed by atoms with van der Waals surface area (Å²) < 4.78 is 10.5. The topological polar surface area (TPSA) is 93.1 Å². The standard InChI is InChI=1S/C17H15Cl2NO6/c1-9(21)25-5-4-13-17(16(23)24,20-14(22)7-15(20)26-13)8-10-2-3-11(18)12(19)6-10/h2-4,6,15H,5,7-8H2,1H3,(H,23,24)/b13-4-/t15-,17-/m1/s1. The molecule has 2 saturated heterocycles. The zero-order valence-corrected chi connectivity index (χ0v) is 15.2. The Morgan fingerprint density at radius 3 is 2.73 bits per heavy atom. The molecule has 2 fully saturated rings. The average Bonchev–Trinajstić information content (AvgIpc) is 2.79. The predicted molar refractivity (Wildman–Crippen MR) is 91.6 cm³/mol. The first-order chi connectivity index (χ1) is 12.3. The number of esters is 1. The molecule has 0 spiro atoms. The highest BCUT2D eigenvalue weighted by Crippen LogP contribution is 2.46. The molecule has 0 saturated carbocycles. The molecule has 1 amide bonds. The molecule has 7 nitrogen and oxygen atoms in total. The minimum absolute atomic E-state index is 0.0621. The Labute approximate surface area is 159 Å². The number of fused-ring (bicyclic) bond motifs is 1. The number of nitrogens with zero attached hydrogens (tertiary/aromatic N) is 1. The molecule has 9 heteroatoms. The zero-order chi connectivity index (χ0) is 19.1. The molecule has 2 aliphatic rings. The van der Waals surface area contributed by atoms with E-state index in [1.54, 1.807) is 18.2 Å². The van der Waals surface area contributed by atoms with Crippen molar-refractivity contribution < 1.29 is 29.0 Å². The smallest absolute Gasteiger partial charge is 0.338 e. The molecule has 0 aliphatic carbocycles. The molecule has 138 valence electrons. The van der Waals surface area contributed by atoms with Gasteiger partial charge in [-0.2, -0.15) is 0 Å². The number of carboxylic acids is 1. The predicted octanol–water partition coefficient (Wildman–Crippen LogP) is 2.39. The quantitative estimate of drug-likeness (QED) is 0.603. The molecule has 2 atom stereocenters. The highest BCUT2D eigenvalue weighted by atomic mass is 35.5. The number of benzene rings is 1.